The van der Waals surface area contributed by atoms with E-state index in [9.17, 15) is 0 Å². The number of anilines is 1. The van der Waals surface area contributed by atoms with Crippen LogP contribution in [0.4, 0.5) is 5.69 Å². The highest BCUT2D eigenvalue weighted by Crippen LogP contribution is 2.20. The molecule has 4 heteroatoms. The summed E-state index contributed by atoms with van der Waals surface area (Å²) in [5.74, 6) is 0. The molecule has 3 rings (SSSR count). The van der Waals surface area contributed by atoms with E-state index < -0.39 is 0 Å². The van der Waals surface area contributed by atoms with E-state index in [0.717, 1.165) is 16.9 Å². The predicted molar refractivity (Wildman–Crippen MR) is 84.2 cm³/mol. The zero-order valence-electron chi connectivity index (χ0n) is 10.7. The Kier molecular flexibility index (Phi) is 3.31. The summed E-state index contributed by atoms with van der Waals surface area (Å²) in [5.41, 5.74) is 9.42. The van der Waals surface area contributed by atoms with Crippen LogP contribution in [0.25, 0.3) is 16.9 Å². The number of aromatic nitrogens is 2. The molecule has 0 spiro atoms. The van der Waals surface area contributed by atoms with Gasteiger partial charge in [0.25, 0.3) is 0 Å². The molecule has 1 heterocycles. The van der Waals surface area contributed by atoms with Gasteiger partial charge in [0, 0.05) is 11.8 Å². The van der Waals surface area contributed by atoms with Crippen molar-refractivity contribution in [2.24, 2.45) is 0 Å². The molecule has 0 atom stereocenters. The van der Waals surface area contributed by atoms with E-state index in [2.05, 4.69) is 4.98 Å². The van der Waals surface area contributed by atoms with Gasteiger partial charge >= 0.3 is 0 Å². The van der Waals surface area contributed by atoms with E-state index in [1.54, 1.807) is 0 Å². The minimum Gasteiger partial charge on any atom is -0.397 e. The number of nitrogen functional groups attached to an aromatic ring is 1. The SMILES string of the molecule is Nc1ccccc1-n1ccc(-c2ccccc2)nc1=S. The topological polar surface area (TPSA) is 43.8 Å². The van der Waals surface area contributed by atoms with E-state index in [1.807, 2.05) is 71.4 Å². The van der Waals surface area contributed by atoms with Crippen molar-refractivity contribution in [2.45, 2.75) is 0 Å². The fourth-order valence-electron chi connectivity index (χ4n) is 2.06. The first-order valence-corrected chi connectivity index (χ1v) is 6.66. The van der Waals surface area contributed by atoms with Gasteiger partial charge in [-0.15, -0.1) is 0 Å². The maximum absolute atomic E-state index is 5.98. The summed E-state index contributed by atoms with van der Waals surface area (Å²) in [6.07, 6.45) is 1.91. The molecule has 3 nitrogen and oxygen atoms in total. The Bertz CT molecular complexity index is 794. The molecule has 0 saturated carbocycles. The average Bonchev–Trinajstić information content (AvgIpc) is 2.49. The highest BCUT2D eigenvalue weighted by molar-refractivity contribution is 7.71. The van der Waals surface area contributed by atoms with Gasteiger partial charge in [-0.2, -0.15) is 0 Å². The fourth-order valence-corrected chi connectivity index (χ4v) is 2.32. The summed E-state index contributed by atoms with van der Waals surface area (Å²) in [4.78, 5) is 4.48. The average molecular weight is 279 g/mol. The third kappa shape index (κ3) is 2.33. The second-order valence-electron chi connectivity index (χ2n) is 4.39. The summed E-state index contributed by atoms with van der Waals surface area (Å²) in [6, 6.07) is 19.5. The van der Waals surface area contributed by atoms with E-state index in [4.69, 9.17) is 18.0 Å². The van der Waals surface area contributed by atoms with Crippen molar-refractivity contribution in [3.05, 3.63) is 71.6 Å². The van der Waals surface area contributed by atoms with Crippen molar-refractivity contribution in [3.63, 3.8) is 0 Å². The molecule has 0 unspecified atom stereocenters. The second kappa shape index (κ2) is 5.27. The van der Waals surface area contributed by atoms with Gasteiger partial charge < -0.3 is 5.73 Å². The second-order valence-corrected chi connectivity index (χ2v) is 4.76. The number of nitrogens with two attached hydrogens (primary N) is 1. The highest BCUT2D eigenvalue weighted by atomic mass is 32.1. The van der Waals surface area contributed by atoms with Gasteiger partial charge in [-0.05, 0) is 30.4 Å². The van der Waals surface area contributed by atoms with Gasteiger partial charge in [0.15, 0.2) is 0 Å². The lowest BCUT2D eigenvalue weighted by Crippen LogP contribution is -2.03. The largest absolute Gasteiger partial charge is 0.397 e. The Morgan fingerprint density at radius 1 is 0.900 bits per heavy atom. The van der Waals surface area contributed by atoms with Gasteiger partial charge in [0.2, 0.25) is 4.77 Å². The minimum absolute atomic E-state index is 0.490. The van der Waals surface area contributed by atoms with Crippen LogP contribution in [-0.4, -0.2) is 9.55 Å². The summed E-state index contributed by atoms with van der Waals surface area (Å²) >= 11 is 5.38. The maximum Gasteiger partial charge on any atom is 0.204 e. The molecule has 3 aromatic rings. The quantitative estimate of drug-likeness (QED) is 0.572. The summed E-state index contributed by atoms with van der Waals surface area (Å²) in [7, 11) is 0. The van der Waals surface area contributed by atoms with E-state index >= 15 is 0 Å². The molecule has 0 aliphatic heterocycles. The van der Waals surface area contributed by atoms with Crippen LogP contribution in [0.15, 0.2) is 66.9 Å². The molecule has 2 aromatic carbocycles. The Morgan fingerprint density at radius 3 is 2.30 bits per heavy atom. The van der Waals surface area contributed by atoms with Crippen LogP contribution in [0.3, 0.4) is 0 Å². The van der Waals surface area contributed by atoms with Crippen molar-refractivity contribution in [2.75, 3.05) is 5.73 Å². The standard InChI is InChI=1S/C16H13N3S/c17-13-8-4-5-9-15(13)19-11-10-14(18-16(19)20)12-6-2-1-3-7-12/h1-11H,17H2. The van der Waals surface area contributed by atoms with Crippen molar-refractivity contribution in [1.29, 1.82) is 0 Å². The van der Waals surface area contributed by atoms with Gasteiger partial charge in [0.1, 0.15) is 0 Å². The van der Waals surface area contributed by atoms with Crippen LogP contribution in [0, 0.1) is 4.77 Å². The molecule has 0 aliphatic rings. The molecule has 0 fully saturated rings. The number of hydrogen-bond acceptors (Lipinski definition) is 3. The third-order valence-corrected chi connectivity index (χ3v) is 3.36. The van der Waals surface area contributed by atoms with Crippen LogP contribution >= 0.6 is 12.2 Å². The van der Waals surface area contributed by atoms with Gasteiger partial charge in [-0.25, -0.2) is 4.98 Å². The van der Waals surface area contributed by atoms with Crippen LogP contribution < -0.4 is 5.73 Å². The Balaban J connectivity index is 2.10. The van der Waals surface area contributed by atoms with Gasteiger partial charge in [-0.1, -0.05) is 42.5 Å². The van der Waals surface area contributed by atoms with E-state index in [-0.39, 0.29) is 0 Å². The molecule has 2 N–H and O–H groups in total. The van der Waals surface area contributed by atoms with Crippen LogP contribution in [0.2, 0.25) is 0 Å². The molecule has 0 saturated heterocycles. The van der Waals surface area contributed by atoms with Gasteiger partial charge in [-0.3, -0.25) is 4.57 Å². The molecular formula is C16H13N3S. The number of benzene rings is 2. The fraction of sp³-hybridized carbons (Fsp3) is 0. The molecular weight excluding hydrogens is 266 g/mol. The predicted octanol–water partition coefficient (Wildman–Crippen LogP) is 3.85. The van der Waals surface area contributed by atoms with E-state index in [1.165, 1.54) is 0 Å². The van der Waals surface area contributed by atoms with Gasteiger partial charge in [0.05, 0.1) is 17.1 Å². The van der Waals surface area contributed by atoms with Crippen molar-refractivity contribution >= 4 is 17.9 Å². The van der Waals surface area contributed by atoms with Crippen LogP contribution in [0.1, 0.15) is 0 Å². The molecule has 20 heavy (non-hydrogen) atoms. The lowest BCUT2D eigenvalue weighted by atomic mass is 10.1. The number of rotatable bonds is 2. The van der Waals surface area contributed by atoms with Crippen molar-refractivity contribution < 1.29 is 0 Å². The monoisotopic (exact) mass is 279 g/mol. The highest BCUT2D eigenvalue weighted by Gasteiger charge is 2.04. The van der Waals surface area contributed by atoms with E-state index in [0.29, 0.717) is 10.5 Å². The van der Waals surface area contributed by atoms with Crippen LogP contribution in [-0.2, 0) is 0 Å². The first-order valence-electron chi connectivity index (χ1n) is 6.26. The van der Waals surface area contributed by atoms with Crippen LogP contribution in [0.5, 0.6) is 0 Å². The molecule has 0 amide bonds. The smallest absolute Gasteiger partial charge is 0.204 e. The zero-order chi connectivity index (χ0) is 13.9. The normalized spacial score (nSPS) is 10.4. The van der Waals surface area contributed by atoms with Crippen molar-refractivity contribution in [1.82, 2.24) is 9.55 Å². The first kappa shape index (κ1) is 12.6. The number of hydrogen-bond donors (Lipinski definition) is 1. The minimum atomic E-state index is 0.490. The Morgan fingerprint density at radius 2 is 1.60 bits per heavy atom. The number of nitrogens with zero attached hydrogens (tertiary/aromatic N) is 2. The lowest BCUT2D eigenvalue weighted by Gasteiger charge is -2.10. The zero-order valence-corrected chi connectivity index (χ0v) is 11.5. The molecule has 1 aromatic heterocycles. The number of para-hydroxylation sites is 2. The molecule has 0 aliphatic carbocycles. The van der Waals surface area contributed by atoms with Crippen molar-refractivity contribution in [3.8, 4) is 16.9 Å². The Hall–Kier alpha value is -2.46. The Labute approximate surface area is 122 Å². The molecule has 0 radical (unpaired) electrons. The lowest BCUT2D eigenvalue weighted by molar-refractivity contribution is 0.962. The first-order chi connectivity index (χ1) is 9.75. The maximum atomic E-state index is 5.98. The third-order valence-electron chi connectivity index (χ3n) is 3.07. The summed E-state index contributed by atoms with van der Waals surface area (Å²) in [5, 5.41) is 0. The summed E-state index contributed by atoms with van der Waals surface area (Å²) < 4.78 is 2.31. The molecule has 0 bridgehead atoms. The molecule has 98 valence electrons. The summed E-state index contributed by atoms with van der Waals surface area (Å²) in [6.45, 7) is 0.